The summed E-state index contributed by atoms with van der Waals surface area (Å²) in [6.45, 7) is -0.187. The molecule has 1 aromatic rings. The lowest BCUT2D eigenvalue weighted by molar-refractivity contribution is -0.121. The van der Waals surface area contributed by atoms with Crippen molar-refractivity contribution >= 4 is 21.6 Å². The lowest BCUT2D eigenvalue weighted by Crippen LogP contribution is -2.39. The number of carbonyl (C=O) groups is 1. The Kier molecular flexibility index (Phi) is 3.77. The van der Waals surface area contributed by atoms with Gasteiger partial charge in [0, 0.05) is 18.8 Å². The van der Waals surface area contributed by atoms with Crippen LogP contribution in [0.3, 0.4) is 0 Å². The van der Waals surface area contributed by atoms with Gasteiger partial charge in [0.1, 0.15) is 0 Å². The number of likely N-dealkylation sites (N-methyl/N-ethyl adjacent to an activating group) is 1. The van der Waals surface area contributed by atoms with E-state index < -0.39 is 10.0 Å². The van der Waals surface area contributed by atoms with Gasteiger partial charge < -0.3 is 11.1 Å². The molecule has 0 unspecified atom stereocenters. The topological polar surface area (TPSA) is 92.5 Å². The van der Waals surface area contributed by atoms with Gasteiger partial charge in [-0.3, -0.25) is 4.79 Å². The molecule has 6 nitrogen and oxygen atoms in total. The molecule has 0 radical (unpaired) electrons. The van der Waals surface area contributed by atoms with Crippen LogP contribution in [0.15, 0.2) is 29.2 Å². The summed E-state index contributed by atoms with van der Waals surface area (Å²) in [7, 11) is -2.30. The summed E-state index contributed by atoms with van der Waals surface area (Å²) in [5, 5.41) is 2.75. The average molecular weight is 283 g/mol. The van der Waals surface area contributed by atoms with Crippen molar-refractivity contribution < 1.29 is 13.2 Å². The van der Waals surface area contributed by atoms with Gasteiger partial charge in [0.15, 0.2) is 0 Å². The minimum Gasteiger partial charge on any atom is -0.399 e. The number of amides is 1. The van der Waals surface area contributed by atoms with Crippen LogP contribution in [0.2, 0.25) is 0 Å². The molecule has 0 aromatic heterocycles. The van der Waals surface area contributed by atoms with E-state index in [0.717, 1.165) is 17.1 Å². The molecule has 1 fully saturated rings. The number of nitrogens with two attached hydrogens (primary N) is 1. The number of sulfonamides is 1. The van der Waals surface area contributed by atoms with Gasteiger partial charge in [0.05, 0.1) is 11.4 Å². The maximum Gasteiger partial charge on any atom is 0.243 e. The second-order valence-electron chi connectivity index (χ2n) is 4.68. The normalized spacial score (nSPS) is 15.5. The summed E-state index contributed by atoms with van der Waals surface area (Å²) >= 11 is 0. The van der Waals surface area contributed by atoms with Crippen molar-refractivity contribution in [3.05, 3.63) is 24.3 Å². The van der Waals surface area contributed by atoms with Gasteiger partial charge in [-0.1, -0.05) is 6.07 Å². The summed E-state index contributed by atoms with van der Waals surface area (Å²) in [4.78, 5) is 11.7. The van der Waals surface area contributed by atoms with Gasteiger partial charge in [0.2, 0.25) is 15.9 Å². The molecule has 1 aliphatic rings. The summed E-state index contributed by atoms with van der Waals surface area (Å²) in [6, 6.07) is 6.24. The van der Waals surface area contributed by atoms with Crippen LogP contribution in [-0.4, -0.2) is 38.3 Å². The minimum atomic E-state index is -3.68. The fraction of sp³-hybridized carbons (Fsp3) is 0.417. The standard InChI is InChI=1S/C12H17N3O3S/c1-15(8-12(16)14-10-5-6-10)19(17,18)11-4-2-3-9(13)7-11/h2-4,7,10H,5-6,8,13H2,1H3,(H,14,16). The fourth-order valence-electron chi connectivity index (χ4n) is 1.64. The van der Waals surface area contributed by atoms with Crippen LogP contribution >= 0.6 is 0 Å². The van der Waals surface area contributed by atoms with Crippen LogP contribution in [0, 0.1) is 0 Å². The van der Waals surface area contributed by atoms with Crippen molar-refractivity contribution in [2.24, 2.45) is 0 Å². The molecule has 1 saturated carbocycles. The Morgan fingerprint density at radius 1 is 1.47 bits per heavy atom. The third-order valence-electron chi connectivity index (χ3n) is 2.88. The highest BCUT2D eigenvalue weighted by Crippen LogP contribution is 2.19. The predicted molar refractivity (Wildman–Crippen MR) is 71.8 cm³/mol. The monoisotopic (exact) mass is 283 g/mol. The molecular weight excluding hydrogens is 266 g/mol. The van der Waals surface area contributed by atoms with Gasteiger partial charge in [-0.15, -0.1) is 0 Å². The molecule has 0 heterocycles. The Morgan fingerprint density at radius 2 is 2.16 bits per heavy atom. The van der Waals surface area contributed by atoms with Crippen molar-refractivity contribution in [2.75, 3.05) is 19.3 Å². The Morgan fingerprint density at radius 3 is 2.74 bits per heavy atom. The van der Waals surface area contributed by atoms with Gasteiger partial charge >= 0.3 is 0 Å². The zero-order valence-electron chi connectivity index (χ0n) is 10.7. The molecule has 7 heteroatoms. The van der Waals surface area contributed by atoms with Crippen molar-refractivity contribution in [3.8, 4) is 0 Å². The number of nitrogens with one attached hydrogen (secondary N) is 1. The van der Waals surface area contributed by atoms with E-state index in [1.807, 2.05) is 0 Å². The first-order valence-corrected chi connectivity index (χ1v) is 7.45. The highest BCUT2D eigenvalue weighted by atomic mass is 32.2. The Bertz CT molecular complexity index is 582. The SMILES string of the molecule is CN(CC(=O)NC1CC1)S(=O)(=O)c1cccc(N)c1. The quantitative estimate of drug-likeness (QED) is 0.753. The Balaban J connectivity index is 2.07. The van der Waals surface area contributed by atoms with Gasteiger partial charge in [-0.25, -0.2) is 8.42 Å². The predicted octanol–water partition coefficient (Wildman–Crippen LogP) is 0.168. The average Bonchev–Trinajstić information content (AvgIpc) is 3.12. The molecule has 0 aliphatic heterocycles. The third-order valence-corrected chi connectivity index (χ3v) is 4.67. The van der Waals surface area contributed by atoms with E-state index in [1.54, 1.807) is 12.1 Å². The lowest BCUT2D eigenvalue weighted by atomic mass is 10.3. The van der Waals surface area contributed by atoms with Crippen molar-refractivity contribution in [3.63, 3.8) is 0 Å². The van der Waals surface area contributed by atoms with E-state index in [1.165, 1.54) is 19.2 Å². The number of anilines is 1. The van der Waals surface area contributed by atoms with E-state index in [4.69, 9.17) is 5.73 Å². The molecule has 2 rings (SSSR count). The van der Waals surface area contributed by atoms with Gasteiger partial charge in [-0.2, -0.15) is 4.31 Å². The number of carbonyl (C=O) groups excluding carboxylic acids is 1. The molecule has 1 aromatic carbocycles. The lowest BCUT2D eigenvalue weighted by Gasteiger charge is -2.17. The summed E-state index contributed by atoms with van der Waals surface area (Å²) in [5.74, 6) is -0.280. The molecular formula is C12H17N3O3S. The maximum atomic E-state index is 12.2. The van der Waals surface area contributed by atoms with E-state index >= 15 is 0 Å². The van der Waals surface area contributed by atoms with Crippen LogP contribution < -0.4 is 11.1 Å². The number of hydrogen-bond donors (Lipinski definition) is 2. The molecule has 19 heavy (non-hydrogen) atoms. The first kappa shape index (κ1) is 13.8. The highest BCUT2D eigenvalue weighted by Gasteiger charge is 2.27. The molecule has 1 amide bonds. The van der Waals surface area contributed by atoms with Crippen molar-refractivity contribution in [1.82, 2.24) is 9.62 Å². The third kappa shape index (κ3) is 3.45. The number of rotatable bonds is 5. The first-order chi connectivity index (χ1) is 8.89. The van der Waals surface area contributed by atoms with Crippen LogP contribution in [0.5, 0.6) is 0 Å². The number of benzene rings is 1. The molecule has 0 atom stereocenters. The molecule has 0 bridgehead atoms. The molecule has 104 valence electrons. The second-order valence-corrected chi connectivity index (χ2v) is 6.72. The van der Waals surface area contributed by atoms with Crippen LogP contribution in [0.25, 0.3) is 0 Å². The molecule has 0 saturated heterocycles. The van der Waals surface area contributed by atoms with E-state index in [0.29, 0.717) is 5.69 Å². The van der Waals surface area contributed by atoms with Crippen molar-refractivity contribution in [1.29, 1.82) is 0 Å². The highest BCUT2D eigenvalue weighted by molar-refractivity contribution is 7.89. The number of hydrogen-bond acceptors (Lipinski definition) is 4. The zero-order chi connectivity index (χ0) is 14.0. The summed E-state index contributed by atoms with van der Waals surface area (Å²) in [6.07, 6.45) is 1.94. The molecule has 1 aliphatic carbocycles. The van der Waals surface area contributed by atoms with E-state index in [9.17, 15) is 13.2 Å². The van der Waals surface area contributed by atoms with Crippen LogP contribution in [0.4, 0.5) is 5.69 Å². The first-order valence-electron chi connectivity index (χ1n) is 6.01. The maximum absolute atomic E-state index is 12.2. The van der Waals surface area contributed by atoms with Crippen molar-refractivity contribution in [2.45, 2.75) is 23.8 Å². The minimum absolute atomic E-state index is 0.0919. The van der Waals surface area contributed by atoms with Gasteiger partial charge in [-0.05, 0) is 31.0 Å². The fourth-order valence-corrected chi connectivity index (χ4v) is 2.83. The number of nitrogen functional groups attached to an aromatic ring is 1. The molecule has 0 spiro atoms. The van der Waals surface area contributed by atoms with Crippen LogP contribution in [0.1, 0.15) is 12.8 Å². The smallest absolute Gasteiger partial charge is 0.243 e. The van der Waals surface area contributed by atoms with Gasteiger partial charge in [0.25, 0.3) is 0 Å². The number of nitrogens with zero attached hydrogens (tertiary/aromatic N) is 1. The molecule has 3 N–H and O–H groups in total. The van der Waals surface area contributed by atoms with Crippen LogP contribution in [-0.2, 0) is 14.8 Å². The zero-order valence-corrected chi connectivity index (χ0v) is 11.5. The Hall–Kier alpha value is -1.60. The summed E-state index contributed by atoms with van der Waals surface area (Å²) in [5.41, 5.74) is 5.94. The Labute approximate surface area is 112 Å². The second kappa shape index (κ2) is 5.18. The summed E-state index contributed by atoms with van der Waals surface area (Å²) < 4.78 is 25.5. The van der Waals surface area contributed by atoms with E-state index in [2.05, 4.69) is 5.32 Å². The largest absolute Gasteiger partial charge is 0.399 e. The van der Waals surface area contributed by atoms with E-state index in [-0.39, 0.29) is 23.4 Å².